The number of aryl methyl sites for hydroxylation is 1. The first-order valence-corrected chi connectivity index (χ1v) is 8.15. The predicted molar refractivity (Wildman–Crippen MR) is 85.8 cm³/mol. The summed E-state index contributed by atoms with van der Waals surface area (Å²) in [5.41, 5.74) is 3.14. The van der Waals surface area contributed by atoms with Crippen molar-refractivity contribution in [1.29, 1.82) is 0 Å². The van der Waals surface area contributed by atoms with E-state index in [0.29, 0.717) is 11.4 Å². The first kappa shape index (κ1) is 15.5. The van der Waals surface area contributed by atoms with Crippen LogP contribution < -0.4 is 5.32 Å². The summed E-state index contributed by atoms with van der Waals surface area (Å²) in [6.07, 6.45) is 0. The molecule has 0 saturated carbocycles. The topological polar surface area (TPSA) is 49.4 Å². The molecule has 0 bridgehead atoms. The molecule has 0 spiro atoms. The van der Waals surface area contributed by atoms with Gasteiger partial charge >= 0.3 is 0 Å². The van der Waals surface area contributed by atoms with Gasteiger partial charge in [0, 0.05) is 26.3 Å². The number of anilines is 1. The summed E-state index contributed by atoms with van der Waals surface area (Å²) in [5.74, 6) is 0. The third-order valence-corrected chi connectivity index (χ3v) is 5.00. The van der Waals surface area contributed by atoms with Crippen molar-refractivity contribution in [2.75, 3.05) is 19.4 Å². The Morgan fingerprint density at radius 3 is 2.43 bits per heavy atom. The molecule has 2 aromatic carbocycles. The monoisotopic (exact) mass is 304 g/mol. The SMILES string of the molecule is Cc1cccc(NCc2cccc(S(=O)(=O)N(C)C)c2)c1. The van der Waals surface area contributed by atoms with Crippen LogP contribution in [0.5, 0.6) is 0 Å². The lowest BCUT2D eigenvalue weighted by Crippen LogP contribution is -2.22. The van der Waals surface area contributed by atoms with Crippen molar-refractivity contribution in [2.45, 2.75) is 18.4 Å². The molecule has 2 rings (SSSR count). The van der Waals surface area contributed by atoms with Gasteiger partial charge in [-0.15, -0.1) is 0 Å². The largest absolute Gasteiger partial charge is 0.381 e. The molecule has 0 aliphatic carbocycles. The zero-order valence-corrected chi connectivity index (χ0v) is 13.3. The summed E-state index contributed by atoms with van der Waals surface area (Å²) in [5, 5.41) is 3.30. The average Bonchev–Trinajstić information content (AvgIpc) is 2.45. The van der Waals surface area contributed by atoms with Crippen molar-refractivity contribution in [3.63, 3.8) is 0 Å². The lowest BCUT2D eigenvalue weighted by molar-refractivity contribution is 0.520. The highest BCUT2D eigenvalue weighted by Crippen LogP contribution is 2.16. The molecular weight excluding hydrogens is 284 g/mol. The van der Waals surface area contributed by atoms with Crippen LogP contribution in [-0.2, 0) is 16.6 Å². The Kier molecular flexibility index (Phi) is 4.65. The first-order valence-electron chi connectivity index (χ1n) is 6.71. The van der Waals surface area contributed by atoms with Gasteiger partial charge in [0.25, 0.3) is 0 Å². The molecule has 0 fully saturated rings. The molecule has 0 aliphatic heterocycles. The lowest BCUT2D eigenvalue weighted by atomic mass is 10.2. The van der Waals surface area contributed by atoms with E-state index in [9.17, 15) is 8.42 Å². The molecular formula is C16H20N2O2S. The fraction of sp³-hybridized carbons (Fsp3) is 0.250. The van der Waals surface area contributed by atoms with Crippen LogP contribution in [0.4, 0.5) is 5.69 Å². The minimum Gasteiger partial charge on any atom is -0.381 e. The van der Waals surface area contributed by atoms with Crippen LogP contribution in [0.3, 0.4) is 0 Å². The van der Waals surface area contributed by atoms with Crippen LogP contribution >= 0.6 is 0 Å². The molecule has 112 valence electrons. The van der Waals surface area contributed by atoms with Gasteiger partial charge in [-0.05, 0) is 42.3 Å². The molecule has 0 radical (unpaired) electrons. The highest BCUT2D eigenvalue weighted by Gasteiger charge is 2.16. The number of hydrogen-bond acceptors (Lipinski definition) is 3. The summed E-state index contributed by atoms with van der Waals surface area (Å²) in [7, 11) is -0.314. The van der Waals surface area contributed by atoms with Gasteiger partial charge in [-0.25, -0.2) is 12.7 Å². The molecule has 21 heavy (non-hydrogen) atoms. The minimum absolute atomic E-state index is 0.316. The maximum Gasteiger partial charge on any atom is 0.242 e. The molecule has 2 aromatic rings. The normalized spacial score (nSPS) is 11.6. The maximum absolute atomic E-state index is 12.1. The number of rotatable bonds is 5. The van der Waals surface area contributed by atoms with Crippen molar-refractivity contribution >= 4 is 15.7 Å². The molecule has 0 unspecified atom stereocenters. The molecule has 0 saturated heterocycles. The van der Waals surface area contributed by atoms with Gasteiger partial charge < -0.3 is 5.32 Å². The molecule has 0 amide bonds. The van der Waals surface area contributed by atoms with Gasteiger partial charge in [-0.2, -0.15) is 0 Å². The molecule has 0 atom stereocenters. The second-order valence-electron chi connectivity index (χ2n) is 5.16. The van der Waals surface area contributed by atoms with Gasteiger partial charge in [0.2, 0.25) is 10.0 Å². The Bertz CT molecular complexity index is 725. The van der Waals surface area contributed by atoms with E-state index in [0.717, 1.165) is 11.3 Å². The third-order valence-electron chi connectivity index (χ3n) is 3.19. The van der Waals surface area contributed by atoms with E-state index in [2.05, 4.69) is 11.4 Å². The minimum atomic E-state index is -3.38. The predicted octanol–water partition coefficient (Wildman–Crippen LogP) is 2.86. The zero-order valence-electron chi connectivity index (χ0n) is 12.5. The highest BCUT2D eigenvalue weighted by atomic mass is 32.2. The van der Waals surface area contributed by atoms with E-state index in [1.165, 1.54) is 24.0 Å². The van der Waals surface area contributed by atoms with Crippen molar-refractivity contribution in [2.24, 2.45) is 0 Å². The van der Waals surface area contributed by atoms with Crippen molar-refractivity contribution in [1.82, 2.24) is 4.31 Å². The third kappa shape index (κ3) is 3.83. The number of benzene rings is 2. The Balaban J connectivity index is 2.15. The summed E-state index contributed by atoms with van der Waals surface area (Å²) in [6.45, 7) is 2.62. The van der Waals surface area contributed by atoms with E-state index in [1.807, 2.05) is 31.2 Å². The van der Waals surface area contributed by atoms with Crippen LogP contribution in [0.15, 0.2) is 53.4 Å². The quantitative estimate of drug-likeness (QED) is 0.924. The number of hydrogen-bond donors (Lipinski definition) is 1. The molecule has 4 nitrogen and oxygen atoms in total. The highest BCUT2D eigenvalue weighted by molar-refractivity contribution is 7.89. The Morgan fingerprint density at radius 2 is 1.76 bits per heavy atom. The Hall–Kier alpha value is -1.85. The van der Waals surface area contributed by atoms with Crippen LogP contribution in [0, 0.1) is 6.92 Å². The Labute approximate surface area is 126 Å². The second-order valence-corrected chi connectivity index (χ2v) is 7.31. The average molecular weight is 304 g/mol. The molecule has 1 N–H and O–H groups in total. The fourth-order valence-electron chi connectivity index (χ4n) is 1.99. The van der Waals surface area contributed by atoms with Crippen molar-refractivity contribution in [3.05, 3.63) is 59.7 Å². The molecule has 0 aromatic heterocycles. The zero-order chi connectivity index (χ0) is 15.5. The van der Waals surface area contributed by atoms with Crippen molar-refractivity contribution in [3.8, 4) is 0 Å². The lowest BCUT2D eigenvalue weighted by Gasteiger charge is -2.13. The van der Waals surface area contributed by atoms with Crippen molar-refractivity contribution < 1.29 is 8.42 Å². The summed E-state index contributed by atoms with van der Waals surface area (Å²) in [4.78, 5) is 0.316. The Morgan fingerprint density at radius 1 is 1.05 bits per heavy atom. The van der Waals surface area contributed by atoms with E-state index in [1.54, 1.807) is 18.2 Å². The number of nitrogens with zero attached hydrogens (tertiary/aromatic N) is 1. The van der Waals surface area contributed by atoms with Gasteiger partial charge in [0.15, 0.2) is 0 Å². The molecule has 0 aliphatic rings. The van der Waals surface area contributed by atoms with Gasteiger partial charge in [-0.3, -0.25) is 0 Å². The smallest absolute Gasteiger partial charge is 0.242 e. The first-order chi connectivity index (χ1) is 9.89. The summed E-state index contributed by atoms with van der Waals surface area (Å²) < 4.78 is 25.4. The van der Waals surface area contributed by atoms with Gasteiger partial charge in [0.1, 0.15) is 0 Å². The standard InChI is InChI=1S/C16H20N2O2S/c1-13-6-4-8-15(10-13)17-12-14-7-5-9-16(11-14)21(19,20)18(2)3/h4-11,17H,12H2,1-3H3. The molecule has 5 heteroatoms. The fourth-order valence-corrected chi connectivity index (χ4v) is 2.96. The van der Waals surface area contributed by atoms with Gasteiger partial charge in [0.05, 0.1) is 4.90 Å². The van der Waals surface area contributed by atoms with Crippen LogP contribution in [0.2, 0.25) is 0 Å². The number of sulfonamides is 1. The maximum atomic E-state index is 12.1. The van der Waals surface area contributed by atoms with Crippen LogP contribution in [0.25, 0.3) is 0 Å². The summed E-state index contributed by atoms with van der Waals surface area (Å²) >= 11 is 0. The van der Waals surface area contributed by atoms with E-state index in [-0.39, 0.29) is 0 Å². The van der Waals surface area contributed by atoms with E-state index < -0.39 is 10.0 Å². The summed E-state index contributed by atoms with van der Waals surface area (Å²) in [6, 6.07) is 15.1. The van der Waals surface area contributed by atoms with Crippen LogP contribution in [-0.4, -0.2) is 26.8 Å². The van der Waals surface area contributed by atoms with E-state index in [4.69, 9.17) is 0 Å². The second kappa shape index (κ2) is 6.28. The van der Waals surface area contributed by atoms with Crippen LogP contribution in [0.1, 0.15) is 11.1 Å². The van der Waals surface area contributed by atoms with Gasteiger partial charge in [-0.1, -0.05) is 24.3 Å². The van der Waals surface area contributed by atoms with E-state index >= 15 is 0 Å². The molecule has 0 heterocycles. The number of nitrogens with one attached hydrogen (secondary N) is 1.